The van der Waals surface area contributed by atoms with Crippen molar-refractivity contribution in [3.63, 3.8) is 0 Å². The van der Waals surface area contributed by atoms with Gasteiger partial charge in [0.15, 0.2) is 20.9 Å². The zero-order chi connectivity index (χ0) is 35.8. The smallest absolute Gasteiger partial charge is 0.270 e. The van der Waals surface area contributed by atoms with Gasteiger partial charge in [0.2, 0.25) is 10.0 Å². The van der Waals surface area contributed by atoms with Gasteiger partial charge in [-0.2, -0.15) is 0 Å². The van der Waals surface area contributed by atoms with Gasteiger partial charge in [0, 0.05) is 46.0 Å². The van der Waals surface area contributed by atoms with Crippen LogP contribution in [0.2, 0.25) is 0 Å². The lowest BCUT2D eigenvalue weighted by Crippen LogP contribution is -2.12. The summed E-state index contributed by atoms with van der Waals surface area (Å²) in [4.78, 5) is 9.37. The number of nitrogens with zero attached hydrogens (tertiary/aromatic N) is 3. The van der Waals surface area contributed by atoms with Gasteiger partial charge in [0.05, 0.1) is 26.1 Å². The number of sulfone groups is 1. The standard InChI is InChI=1S/C29H23N5O11S4/c1-48(42,43)27-14-16(34(36)37)8-11-23(27)31-32-24-12-13-25(35)21-6-2-4-19(28(21)24)22-15-17(49(30,44)45)9-10-18(22)20-5-3-7-26(46(38)39)29(20)33-47(40)41/h2-15,33,35H,1H3,(H,38,39)(H,40,41)(H2,30,44,45)/p-1. The predicted octanol–water partition coefficient (Wildman–Crippen LogP) is 5.04. The van der Waals surface area contributed by atoms with Crippen LogP contribution >= 0.6 is 0 Å². The van der Waals surface area contributed by atoms with E-state index in [0.29, 0.717) is 0 Å². The maximum atomic E-state index is 12.5. The summed E-state index contributed by atoms with van der Waals surface area (Å²) in [5.41, 5.74) is -0.494. The Balaban J connectivity index is 1.85. The third kappa shape index (κ3) is 7.39. The molecule has 0 saturated carbocycles. The van der Waals surface area contributed by atoms with Crippen LogP contribution in [0, 0.1) is 10.1 Å². The SMILES string of the molecule is CS(=O)(=O)c1cc([N+](=O)[O-])ccc1N=Nc1ccc(O)c2cccc(-c3cc(S(N)(=O)=O)ccc3-c3cccc(S(=O)O)c3NS(=O)[O-])c12. The van der Waals surface area contributed by atoms with Crippen LogP contribution in [0.1, 0.15) is 0 Å². The summed E-state index contributed by atoms with van der Waals surface area (Å²) in [6.45, 7) is 0. The highest BCUT2D eigenvalue weighted by molar-refractivity contribution is 7.91. The highest BCUT2D eigenvalue weighted by Gasteiger charge is 2.23. The second-order valence-electron chi connectivity index (χ2n) is 10.2. The molecule has 254 valence electrons. The van der Waals surface area contributed by atoms with E-state index in [1.165, 1.54) is 60.7 Å². The van der Waals surface area contributed by atoms with E-state index in [4.69, 9.17) is 5.14 Å². The van der Waals surface area contributed by atoms with Crippen molar-refractivity contribution in [2.75, 3.05) is 11.0 Å². The number of phenolic OH excluding ortho intramolecular Hbond substituents is 1. The van der Waals surface area contributed by atoms with Crippen LogP contribution < -0.4 is 9.86 Å². The van der Waals surface area contributed by atoms with Crippen LogP contribution in [0.5, 0.6) is 5.75 Å². The minimum Gasteiger partial charge on any atom is -0.755 e. The van der Waals surface area contributed by atoms with E-state index in [-0.39, 0.29) is 65.6 Å². The summed E-state index contributed by atoms with van der Waals surface area (Å²) in [5, 5.41) is 36.2. The zero-order valence-corrected chi connectivity index (χ0v) is 28.0. The van der Waals surface area contributed by atoms with E-state index in [2.05, 4.69) is 15.0 Å². The van der Waals surface area contributed by atoms with E-state index in [9.17, 15) is 49.6 Å². The molecule has 0 aliphatic heterocycles. The van der Waals surface area contributed by atoms with Crippen molar-refractivity contribution in [1.82, 2.24) is 0 Å². The largest absolute Gasteiger partial charge is 0.755 e. The summed E-state index contributed by atoms with van der Waals surface area (Å²) in [7, 11) is -8.36. The number of hydrogen-bond acceptors (Lipinski definition) is 12. The lowest BCUT2D eigenvalue weighted by Gasteiger charge is -2.20. The summed E-state index contributed by atoms with van der Waals surface area (Å²) >= 11 is -5.63. The molecule has 0 aromatic heterocycles. The maximum Gasteiger partial charge on any atom is 0.270 e. The number of nitro benzene ring substituents is 1. The third-order valence-electron chi connectivity index (χ3n) is 7.11. The molecule has 5 aromatic carbocycles. The van der Waals surface area contributed by atoms with Crippen molar-refractivity contribution in [3.8, 4) is 28.0 Å². The molecule has 0 radical (unpaired) electrons. The van der Waals surface area contributed by atoms with Crippen LogP contribution in [0.15, 0.2) is 110 Å². The fraction of sp³-hybridized carbons (Fsp3) is 0.0345. The first-order valence-corrected chi connectivity index (χ1v) is 19.0. The Morgan fingerprint density at radius 2 is 1.49 bits per heavy atom. The number of hydrogen-bond donors (Lipinski definition) is 4. The van der Waals surface area contributed by atoms with Crippen molar-refractivity contribution < 1.29 is 44.4 Å². The monoisotopic (exact) mass is 744 g/mol. The zero-order valence-electron chi connectivity index (χ0n) is 24.7. The van der Waals surface area contributed by atoms with Gasteiger partial charge in [-0.05, 0) is 53.1 Å². The number of nitro groups is 1. The molecular formula is C29H22N5O11S4-. The van der Waals surface area contributed by atoms with Gasteiger partial charge in [-0.25, -0.2) is 26.2 Å². The highest BCUT2D eigenvalue weighted by Crippen LogP contribution is 2.46. The number of para-hydroxylation sites is 1. The Kier molecular flexibility index (Phi) is 9.75. The number of aromatic hydroxyl groups is 1. The Morgan fingerprint density at radius 3 is 2.12 bits per heavy atom. The molecule has 2 atom stereocenters. The quantitative estimate of drug-likeness (QED) is 0.0636. The number of primary sulfonamides is 1. The van der Waals surface area contributed by atoms with Gasteiger partial charge in [-0.1, -0.05) is 36.4 Å². The van der Waals surface area contributed by atoms with Gasteiger partial charge in [0.1, 0.15) is 16.3 Å². The first-order chi connectivity index (χ1) is 23.0. The Morgan fingerprint density at radius 1 is 0.837 bits per heavy atom. The number of rotatable bonds is 10. The van der Waals surface area contributed by atoms with Crippen LogP contribution in [-0.4, -0.2) is 50.6 Å². The average molecular weight is 745 g/mol. The van der Waals surface area contributed by atoms with E-state index < -0.39 is 57.7 Å². The fourth-order valence-electron chi connectivity index (χ4n) is 5.03. The number of phenols is 1. The maximum absolute atomic E-state index is 12.5. The molecule has 5 aromatic rings. The van der Waals surface area contributed by atoms with Gasteiger partial charge >= 0.3 is 0 Å². The average Bonchev–Trinajstić information content (AvgIpc) is 3.03. The van der Waals surface area contributed by atoms with Crippen LogP contribution in [0.3, 0.4) is 0 Å². The number of anilines is 1. The van der Waals surface area contributed by atoms with Gasteiger partial charge < -0.3 is 18.9 Å². The molecular weight excluding hydrogens is 723 g/mol. The van der Waals surface area contributed by atoms with Crippen molar-refractivity contribution in [3.05, 3.63) is 95.0 Å². The molecule has 20 heteroatoms. The van der Waals surface area contributed by atoms with Crippen molar-refractivity contribution in [1.29, 1.82) is 0 Å². The van der Waals surface area contributed by atoms with Crippen molar-refractivity contribution in [2.45, 2.75) is 14.7 Å². The molecule has 0 fully saturated rings. The molecule has 0 saturated heterocycles. The van der Waals surface area contributed by atoms with E-state index in [1.807, 2.05) is 0 Å². The van der Waals surface area contributed by atoms with Crippen molar-refractivity contribution >= 4 is 75.7 Å². The molecule has 49 heavy (non-hydrogen) atoms. The summed E-state index contributed by atoms with van der Waals surface area (Å²) in [6, 6.07) is 17.8. The van der Waals surface area contributed by atoms with Crippen LogP contribution in [-0.2, 0) is 42.2 Å². The summed E-state index contributed by atoms with van der Waals surface area (Å²) in [6.07, 6.45) is 0.839. The molecule has 0 spiro atoms. The van der Waals surface area contributed by atoms with Gasteiger partial charge in [0.25, 0.3) is 5.69 Å². The fourth-order valence-corrected chi connectivity index (χ4v) is 7.38. The van der Waals surface area contributed by atoms with E-state index in [0.717, 1.165) is 30.5 Å². The van der Waals surface area contributed by atoms with Crippen molar-refractivity contribution in [2.24, 2.45) is 15.4 Å². The predicted molar refractivity (Wildman–Crippen MR) is 180 cm³/mol. The summed E-state index contributed by atoms with van der Waals surface area (Å²) < 4.78 is 97.6. The first kappa shape index (κ1) is 35.3. The van der Waals surface area contributed by atoms with Gasteiger partial charge in [-0.3, -0.25) is 14.3 Å². The molecule has 2 unspecified atom stereocenters. The number of fused-ring (bicyclic) bond motifs is 1. The number of sulfonamides is 1. The molecule has 0 heterocycles. The normalized spacial score (nSPS) is 13.4. The topological polar surface area (TPSA) is 272 Å². The molecule has 0 amide bonds. The lowest BCUT2D eigenvalue weighted by molar-refractivity contribution is -0.385. The lowest BCUT2D eigenvalue weighted by atomic mass is 9.90. The van der Waals surface area contributed by atoms with E-state index in [1.54, 1.807) is 0 Å². The van der Waals surface area contributed by atoms with Crippen LogP contribution in [0.4, 0.5) is 22.7 Å². The first-order valence-electron chi connectivity index (χ1n) is 13.4. The third-order valence-corrected chi connectivity index (χ3v) is 10.2. The Bertz CT molecular complexity index is 2490. The molecule has 0 aliphatic carbocycles. The minimum absolute atomic E-state index is 0.0254. The summed E-state index contributed by atoms with van der Waals surface area (Å²) in [5.74, 6) is -0.242. The molecule has 0 aliphatic rings. The number of nitrogens with two attached hydrogens (primary N) is 1. The second-order valence-corrected chi connectivity index (χ2v) is 15.4. The second kappa shape index (κ2) is 13.5. The number of nitrogens with one attached hydrogen (secondary N) is 1. The number of azo groups is 1. The van der Waals surface area contributed by atoms with Gasteiger partial charge in [-0.15, -0.1) is 10.2 Å². The highest BCUT2D eigenvalue weighted by atomic mass is 32.2. The molecule has 16 nitrogen and oxygen atoms in total. The number of benzene rings is 5. The van der Waals surface area contributed by atoms with E-state index >= 15 is 0 Å². The molecule has 0 bridgehead atoms. The molecule has 5 rings (SSSR count). The number of non-ortho nitro benzene ring substituents is 1. The molecule has 5 N–H and O–H groups in total. The minimum atomic E-state index is -4.33. The van der Waals surface area contributed by atoms with Crippen LogP contribution in [0.25, 0.3) is 33.0 Å². The Labute approximate surface area is 283 Å². The Hall–Kier alpha value is -4.96.